The van der Waals surface area contributed by atoms with Crippen LogP contribution < -0.4 is 0 Å². The Morgan fingerprint density at radius 1 is 1.71 bits per heavy atom. The average molecular weight is 452 g/mol. The Hall–Kier alpha value is 1.21. The second-order valence-electron chi connectivity index (χ2n) is 0.420. The fraction of sp³-hybridized carbons (Fsp3) is 0. The molecule has 0 amide bonds. The molecule has 0 rings (SSSR count). The summed E-state index contributed by atoms with van der Waals surface area (Å²) in [6.07, 6.45) is 1.54. The summed E-state index contributed by atoms with van der Waals surface area (Å²) in [5, 5.41) is 0. The summed E-state index contributed by atoms with van der Waals surface area (Å²) in [7, 11) is 0. The summed E-state index contributed by atoms with van der Waals surface area (Å²) >= 11 is 6.26. The van der Waals surface area contributed by atoms with Gasteiger partial charge >= 0.3 is 72.1 Å². The van der Waals surface area contributed by atoms with Crippen molar-refractivity contribution in [2.75, 3.05) is 0 Å². The maximum absolute atomic E-state index is 4.87. The first-order chi connectivity index (χ1) is 3.33. The molecule has 0 saturated carbocycles. The van der Waals surface area contributed by atoms with Gasteiger partial charge in [-0.2, -0.15) is 0 Å². The predicted octanol–water partition coefficient (Wildman–Crippen LogP) is 0.424. The van der Waals surface area contributed by atoms with E-state index >= 15 is 0 Å². The number of rotatable bonds is 1. The van der Waals surface area contributed by atoms with Crippen LogP contribution in [0.4, 0.5) is 0 Å². The van der Waals surface area contributed by atoms with Crippen LogP contribution in [0.15, 0.2) is 6.08 Å². The van der Waals surface area contributed by atoms with E-state index in [9.17, 15) is 0 Å². The van der Waals surface area contributed by atoms with Crippen LogP contribution in [0, 0.1) is 6.58 Å². The zero-order chi connectivity index (χ0) is 6.12. The summed E-state index contributed by atoms with van der Waals surface area (Å²) < 4.78 is 4.39. The molecule has 0 bridgehead atoms. The van der Waals surface area contributed by atoms with E-state index in [0.717, 1.165) is 0 Å². The van der Waals surface area contributed by atoms with E-state index in [1.54, 1.807) is 0 Å². The minimum atomic E-state index is 1.29. The molecule has 3 heteroatoms. The third kappa shape index (κ3) is 40.1. The van der Waals surface area contributed by atoms with Crippen molar-refractivity contribution in [1.82, 2.24) is 0 Å². The molecule has 0 radical (unpaired) electrons. The third-order valence-corrected chi connectivity index (χ3v) is 0.643. The summed E-state index contributed by atoms with van der Waals surface area (Å²) in [6, 6.07) is 0. The first-order valence-corrected chi connectivity index (χ1v) is 4.94. The summed E-state index contributed by atoms with van der Waals surface area (Å²) in [6.45, 7) is 4.87. The molecule has 0 aromatic carbocycles. The molecular weight excluding hydrogens is 448 g/mol. The first kappa shape index (κ1) is 11.1. The number of hydrogen-bond acceptors (Lipinski definition) is 1. The minimum absolute atomic E-state index is 1.29. The van der Waals surface area contributed by atoms with Crippen LogP contribution in [0.3, 0.4) is 0 Å². The molecule has 0 aliphatic heterocycles. The van der Waals surface area contributed by atoms with Crippen LogP contribution in [0.25, 0.3) is 0 Å². The van der Waals surface area contributed by atoms with Gasteiger partial charge in [0.25, 0.3) is 0 Å². The van der Waals surface area contributed by atoms with E-state index in [1.165, 1.54) is 44.8 Å². The van der Waals surface area contributed by atoms with Gasteiger partial charge in [-0.3, -0.25) is 0 Å². The molecule has 0 heterocycles. The molecule has 0 nitrogen and oxygen atoms in total. The van der Waals surface area contributed by atoms with Crippen molar-refractivity contribution in [3.05, 3.63) is 12.7 Å². The van der Waals surface area contributed by atoms with Crippen molar-refractivity contribution in [2.45, 2.75) is 0 Å². The van der Waals surface area contributed by atoms with Crippen molar-refractivity contribution in [3.8, 4) is 0 Å². The van der Waals surface area contributed by atoms with Gasteiger partial charge in [0, 0.05) is 0 Å². The molecule has 0 spiro atoms. The van der Waals surface area contributed by atoms with Gasteiger partial charge in [-0.05, 0) is 0 Å². The number of thiol groups is 1. The summed E-state index contributed by atoms with van der Waals surface area (Å²) in [5.41, 5.74) is 0. The Balaban J connectivity index is 0. The molecule has 0 aromatic rings. The summed E-state index contributed by atoms with van der Waals surface area (Å²) in [5.74, 6) is 0. The zero-order valence-electron chi connectivity index (χ0n) is 3.50. The fourth-order valence-corrected chi connectivity index (χ4v) is 0. The van der Waals surface area contributed by atoms with Crippen molar-refractivity contribution in [2.24, 2.45) is 0 Å². The Labute approximate surface area is 71.6 Å². The van der Waals surface area contributed by atoms with E-state index in [0.29, 0.717) is 0 Å². The molecule has 0 atom stereocenters. The van der Waals surface area contributed by atoms with Crippen LogP contribution in [-0.2, 0) is 38.7 Å². The molecular formula is C4H4SW2-2. The zero-order valence-corrected chi connectivity index (χ0v) is 10.3. The molecule has 0 unspecified atom stereocenters. The standard InChI is InChI=1S/C3H3.CHS.2W/c1-3-2;1-2;;/h1-3H;2H;;/q2*-1;;. The van der Waals surface area contributed by atoms with Crippen molar-refractivity contribution >= 4 is 20.8 Å². The molecule has 0 fully saturated rings. The Morgan fingerprint density at radius 2 is 1.86 bits per heavy atom. The van der Waals surface area contributed by atoms with E-state index in [2.05, 4.69) is 16.4 Å². The van der Waals surface area contributed by atoms with E-state index < -0.39 is 0 Å². The maximum atomic E-state index is 4.87. The van der Waals surface area contributed by atoms with Crippen LogP contribution >= 0.6 is 12.6 Å². The molecule has 0 aliphatic carbocycles. The Morgan fingerprint density at radius 3 is 1.86 bits per heavy atom. The normalized spacial score (nSPS) is 4.71. The second kappa shape index (κ2) is 15.7. The van der Waals surface area contributed by atoms with Gasteiger partial charge in [0.1, 0.15) is 0 Å². The topological polar surface area (TPSA) is 0 Å². The van der Waals surface area contributed by atoms with Crippen LogP contribution in [0.1, 0.15) is 0 Å². The molecule has 0 saturated heterocycles. The molecule has 0 aromatic heterocycles. The van der Waals surface area contributed by atoms with Gasteiger partial charge < -0.3 is 0 Å². The van der Waals surface area contributed by atoms with Gasteiger partial charge in [-0.25, -0.2) is 0 Å². The number of allylic oxidation sites excluding steroid dienone is 1. The first-order valence-electron chi connectivity index (χ1n) is 1.33. The van der Waals surface area contributed by atoms with E-state index in [4.69, 9.17) is 6.58 Å². The summed E-state index contributed by atoms with van der Waals surface area (Å²) in [4.78, 5) is 0. The Kier molecular flexibility index (Phi) is 24.8. The van der Waals surface area contributed by atoms with Crippen LogP contribution in [-0.4, -0.2) is 8.13 Å². The van der Waals surface area contributed by atoms with Crippen molar-refractivity contribution < 1.29 is 38.7 Å². The van der Waals surface area contributed by atoms with Crippen molar-refractivity contribution in [1.29, 1.82) is 0 Å². The van der Waals surface area contributed by atoms with Crippen molar-refractivity contribution in [3.63, 3.8) is 0 Å². The Bertz CT molecular complexity index is 54.7. The average Bonchev–Trinajstić information content (AvgIpc) is 1.69. The van der Waals surface area contributed by atoms with Gasteiger partial charge in [-0.1, -0.05) is 0 Å². The van der Waals surface area contributed by atoms with Gasteiger partial charge in [-0.15, -0.1) is 0 Å². The van der Waals surface area contributed by atoms with Crippen LogP contribution in [0.5, 0.6) is 0 Å². The second-order valence-corrected chi connectivity index (χ2v) is 3.55. The van der Waals surface area contributed by atoms with Gasteiger partial charge in [0.05, 0.1) is 0 Å². The monoisotopic (exact) mass is 452 g/mol. The van der Waals surface area contributed by atoms with Gasteiger partial charge in [0.2, 0.25) is 0 Å². The molecule has 40 valence electrons. The molecule has 0 N–H and O–H groups in total. The predicted molar refractivity (Wildman–Crippen MR) is 28.9 cm³/mol. The fourth-order valence-electron chi connectivity index (χ4n) is 0. The third-order valence-electron chi connectivity index (χ3n) is 0.0786. The molecule has 7 heavy (non-hydrogen) atoms. The van der Waals surface area contributed by atoms with Gasteiger partial charge in [0.15, 0.2) is 0 Å². The number of hydrogen-bond donors (Lipinski definition) is 1. The van der Waals surface area contributed by atoms with E-state index in [-0.39, 0.29) is 0 Å². The van der Waals surface area contributed by atoms with E-state index in [1.807, 2.05) is 4.40 Å². The quantitative estimate of drug-likeness (QED) is 0.434. The SMILES string of the molecule is S[C-]=[W].[CH-]=C[CH]=[W]. The molecule has 0 aliphatic rings. The van der Waals surface area contributed by atoms with Crippen LogP contribution in [0.2, 0.25) is 0 Å².